The lowest BCUT2D eigenvalue weighted by Gasteiger charge is -2.11. The van der Waals surface area contributed by atoms with Crippen molar-refractivity contribution >= 4 is 5.97 Å². The standard InChI is InChI=1S/C9H13F3O2/c1-7(2)8(13)14-5-3-4-9(11,12)6-10/h1,3-6H2,2H3. The normalized spacial score (nSPS) is 11.1. The van der Waals surface area contributed by atoms with Crippen LogP contribution in [0.4, 0.5) is 13.2 Å². The highest BCUT2D eigenvalue weighted by molar-refractivity contribution is 5.86. The van der Waals surface area contributed by atoms with Gasteiger partial charge >= 0.3 is 5.97 Å². The maximum atomic E-state index is 12.3. The summed E-state index contributed by atoms with van der Waals surface area (Å²) in [5.74, 6) is -3.93. The number of alkyl halides is 3. The third-order valence-corrected chi connectivity index (χ3v) is 1.46. The summed E-state index contributed by atoms with van der Waals surface area (Å²) in [7, 11) is 0. The van der Waals surface area contributed by atoms with Gasteiger partial charge in [-0.2, -0.15) is 0 Å². The maximum absolute atomic E-state index is 12.3. The van der Waals surface area contributed by atoms with E-state index in [2.05, 4.69) is 11.3 Å². The highest BCUT2D eigenvalue weighted by Gasteiger charge is 2.27. The van der Waals surface area contributed by atoms with E-state index in [9.17, 15) is 18.0 Å². The molecule has 0 unspecified atom stereocenters. The smallest absolute Gasteiger partial charge is 0.333 e. The molecule has 0 aromatic heterocycles. The predicted octanol–water partition coefficient (Wildman–Crippen LogP) is 2.49. The molecule has 0 aliphatic carbocycles. The third kappa shape index (κ3) is 5.61. The lowest BCUT2D eigenvalue weighted by molar-refractivity contribution is -0.139. The highest BCUT2D eigenvalue weighted by atomic mass is 19.3. The van der Waals surface area contributed by atoms with Crippen molar-refractivity contribution in [1.82, 2.24) is 0 Å². The van der Waals surface area contributed by atoms with E-state index in [0.29, 0.717) is 0 Å². The van der Waals surface area contributed by atoms with E-state index in [0.717, 1.165) is 0 Å². The zero-order valence-electron chi connectivity index (χ0n) is 7.99. The van der Waals surface area contributed by atoms with Gasteiger partial charge in [-0.05, 0) is 13.3 Å². The Hall–Kier alpha value is -1.00. The van der Waals surface area contributed by atoms with E-state index in [-0.39, 0.29) is 18.6 Å². The summed E-state index contributed by atoms with van der Waals surface area (Å²) in [6, 6.07) is 0. The number of hydrogen-bond donors (Lipinski definition) is 0. The van der Waals surface area contributed by atoms with Gasteiger partial charge in [0.25, 0.3) is 5.92 Å². The Labute approximate surface area is 80.7 Å². The van der Waals surface area contributed by atoms with E-state index in [1.807, 2.05) is 0 Å². The average molecular weight is 210 g/mol. The van der Waals surface area contributed by atoms with E-state index >= 15 is 0 Å². The number of esters is 1. The number of carbonyl (C=O) groups is 1. The minimum absolute atomic E-state index is 0.0596. The Balaban J connectivity index is 3.57. The summed E-state index contributed by atoms with van der Waals surface area (Å²) < 4.78 is 40.8. The summed E-state index contributed by atoms with van der Waals surface area (Å²) in [5.41, 5.74) is 0.210. The molecule has 14 heavy (non-hydrogen) atoms. The molecule has 0 aromatic carbocycles. The molecular formula is C9H13F3O2. The molecule has 0 aliphatic heterocycles. The van der Waals surface area contributed by atoms with Gasteiger partial charge in [0.15, 0.2) is 6.67 Å². The SMILES string of the molecule is C=C(C)C(=O)OCCCC(F)(F)CF. The van der Waals surface area contributed by atoms with Crippen LogP contribution in [-0.4, -0.2) is 25.2 Å². The molecule has 0 radical (unpaired) electrons. The third-order valence-electron chi connectivity index (χ3n) is 1.46. The van der Waals surface area contributed by atoms with Crippen LogP contribution in [0.5, 0.6) is 0 Å². The first-order chi connectivity index (χ1) is 6.39. The molecule has 0 fully saturated rings. The molecule has 82 valence electrons. The monoisotopic (exact) mass is 210 g/mol. The average Bonchev–Trinajstić information content (AvgIpc) is 2.12. The Morgan fingerprint density at radius 2 is 2.07 bits per heavy atom. The maximum Gasteiger partial charge on any atom is 0.333 e. The van der Waals surface area contributed by atoms with Crippen molar-refractivity contribution in [2.24, 2.45) is 0 Å². The Bertz CT molecular complexity index is 214. The van der Waals surface area contributed by atoms with Gasteiger partial charge in [-0.15, -0.1) is 0 Å². The Morgan fingerprint density at radius 1 is 1.50 bits per heavy atom. The summed E-state index contributed by atoms with van der Waals surface area (Å²) in [5, 5.41) is 0. The van der Waals surface area contributed by atoms with E-state index in [4.69, 9.17) is 0 Å². The molecule has 0 spiro atoms. The summed E-state index contributed by atoms with van der Waals surface area (Å²) in [4.78, 5) is 10.8. The summed E-state index contributed by atoms with van der Waals surface area (Å²) >= 11 is 0. The molecule has 0 bridgehead atoms. The van der Waals surface area contributed by atoms with Gasteiger partial charge in [-0.3, -0.25) is 0 Å². The van der Waals surface area contributed by atoms with Gasteiger partial charge < -0.3 is 4.74 Å². The molecule has 0 atom stereocenters. The van der Waals surface area contributed by atoms with Crippen molar-refractivity contribution < 1.29 is 22.7 Å². The molecule has 2 nitrogen and oxygen atoms in total. The molecule has 0 saturated carbocycles. The molecule has 0 aliphatic rings. The van der Waals surface area contributed by atoms with Crippen LogP contribution in [0, 0.1) is 0 Å². The van der Waals surface area contributed by atoms with Crippen molar-refractivity contribution in [3.63, 3.8) is 0 Å². The number of hydrogen-bond acceptors (Lipinski definition) is 2. The van der Waals surface area contributed by atoms with Crippen molar-refractivity contribution in [1.29, 1.82) is 0 Å². The second kappa shape index (κ2) is 5.67. The largest absolute Gasteiger partial charge is 0.462 e. The first-order valence-corrected chi connectivity index (χ1v) is 4.15. The van der Waals surface area contributed by atoms with Crippen LogP contribution >= 0.6 is 0 Å². The van der Waals surface area contributed by atoms with Gasteiger partial charge in [0, 0.05) is 12.0 Å². The number of halogens is 3. The summed E-state index contributed by atoms with van der Waals surface area (Å²) in [6.45, 7) is 2.96. The van der Waals surface area contributed by atoms with E-state index < -0.39 is 25.0 Å². The zero-order chi connectivity index (χ0) is 11.2. The van der Waals surface area contributed by atoms with Gasteiger partial charge in [0.05, 0.1) is 6.61 Å². The zero-order valence-corrected chi connectivity index (χ0v) is 7.99. The first kappa shape index (κ1) is 13.0. The van der Waals surface area contributed by atoms with Gasteiger partial charge in [0.1, 0.15) is 0 Å². The quantitative estimate of drug-likeness (QED) is 0.382. The molecule has 0 N–H and O–H groups in total. The molecule has 0 heterocycles. The van der Waals surface area contributed by atoms with Crippen LogP contribution in [0.15, 0.2) is 12.2 Å². The highest BCUT2D eigenvalue weighted by Crippen LogP contribution is 2.20. The summed E-state index contributed by atoms with van der Waals surface area (Å²) in [6.07, 6.45) is -0.678. The molecule has 0 amide bonds. The van der Waals surface area contributed by atoms with Crippen LogP contribution in [0.1, 0.15) is 19.8 Å². The van der Waals surface area contributed by atoms with Crippen LogP contribution < -0.4 is 0 Å². The Morgan fingerprint density at radius 3 is 2.50 bits per heavy atom. The van der Waals surface area contributed by atoms with Crippen LogP contribution in [0.25, 0.3) is 0 Å². The fourth-order valence-corrected chi connectivity index (χ4v) is 0.686. The second-order valence-electron chi connectivity index (χ2n) is 3.01. The molecular weight excluding hydrogens is 197 g/mol. The van der Waals surface area contributed by atoms with E-state index in [1.165, 1.54) is 6.92 Å². The minimum atomic E-state index is -3.31. The van der Waals surface area contributed by atoms with Gasteiger partial charge in [-0.25, -0.2) is 18.0 Å². The van der Waals surface area contributed by atoms with Crippen LogP contribution in [0.3, 0.4) is 0 Å². The number of carbonyl (C=O) groups excluding carboxylic acids is 1. The predicted molar refractivity (Wildman–Crippen MR) is 45.9 cm³/mol. The molecule has 0 aromatic rings. The van der Waals surface area contributed by atoms with Gasteiger partial charge in [0.2, 0.25) is 0 Å². The van der Waals surface area contributed by atoms with Crippen LogP contribution in [-0.2, 0) is 9.53 Å². The first-order valence-electron chi connectivity index (χ1n) is 4.15. The lowest BCUT2D eigenvalue weighted by Crippen LogP contribution is -2.19. The topological polar surface area (TPSA) is 26.3 Å². The van der Waals surface area contributed by atoms with Crippen molar-refractivity contribution in [3.05, 3.63) is 12.2 Å². The molecule has 0 saturated heterocycles. The fourth-order valence-electron chi connectivity index (χ4n) is 0.686. The van der Waals surface area contributed by atoms with Crippen molar-refractivity contribution in [2.45, 2.75) is 25.7 Å². The fraction of sp³-hybridized carbons (Fsp3) is 0.667. The lowest BCUT2D eigenvalue weighted by atomic mass is 10.2. The van der Waals surface area contributed by atoms with E-state index in [1.54, 1.807) is 0 Å². The van der Waals surface area contributed by atoms with Crippen molar-refractivity contribution in [2.75, 3.05) is 13.3 Å². The molecule has 0 rings (SSSR count). The minimum Gasteiger partial charge on any atom is -0.462 e. The van der Waals surface area contributed by atoms with Gasteiger partial charge in [-0.1, -0.05) is 6.58 Å². The number of ether oxygens (including phenoxy) is 1. The second-order valence-corrected chi connectivity index (χ2v) is 3.01. The Kier molecular flexibility index (Phi) is 5.27. The van der Waals surface area contributed by atoms with Crippen LogP contribution in [0.2, 0.25) is 0 Å². The number of rotatable bonds is 6. The molecule has 5 heteroatoms. The van der Waals surface area contributed by atoms with Crippen molar-refractivity contribution in [3.8, 4) is 0 Å².